The topological polar surface area (TPSA) is 66.5 Å². The van der Waals surface area contributed by atoms with E-state index in [9.17, 15) is 13.2 Å². The second-order valence-corrected chi connectivity index (χ2v) is 8.60. The van der Waals surface area contributed by atoms with E-state index in [-0.39, 0.29) is 23.5 Å². The van der Waals surface area contributed by atoms with Gasteiger partial charge in [-0.05, 0) is 32.2 Å². The van der Waals surface area contributed by atoms with Crippen molar-refractivity contribution in [2.75, 3.05) is 31.6 Å². The molecule has 1 atom stereocenters. The van der Waals surface area contributed by atoms with Crippen LogP contribution in [0.2, 0.25) is 0 Å². The summed E-state index contributed by atoms with van der Waals surface area (Å²) in [5.74, 6) is 0.972. The van der Waals surface area contributed by atoms with E-state index in [1.165, 1.54) is 32.1 Å². The van der Waals surface area contributed by atoms with Crippen molar-refractivity contribution >= 4 is 15.7 Å². The molecule has 0 radical (unpaired) electrons. The molecule has 0 unspecified atom stereocenters. The standard InChI is InChI=1S/C14H26N2O3S/c1-16(9-12-5-3-2-4-6-12)10-14(17)15-13-7-8-20(18,19)11-13/h12-13H,2-11H2,1H3,(H,15,17)/t13-/m0/s1. The number of carbonyl (C=O) groups excluding carboxylic acids is 1. The molecule has 20 heavy (non-hydrogen) atoms. The summed E-state index contributed by atoms with van der Waals surface area (Å²) in [5, 5.41) is 2.84. The fraction of sp³-hybridized carbons (Fsp3) is 0.929. The summed E-state index contributed by atoms with van der Waals surface area (Å²) < 4.78 is 22.7. The van der Waals surface area contributed by atoms with Gasteiger partial charge in [-0.1, -0.05) is 19.3 Å². The van der Waals surface area contributed by atoms with Crippen molar-refractivity contribution in [3.05, 3.63) is 0 Å². The summed E-state index contributed by atoms with van der Waals surface area (Å²) in [6.45, 7) is 1.34. The number of hydrogen-bond donors (Lipinski definition) is 1. The molecule has 1 saturated heterocycles. The molecule has 2 rings (SSSR count). The van der Waals surface area contributed by atoms with Crippen LogP contribution in [0.15, 0.2) is 0 Å². The van der Waals surface area contributed by atoms with Crippen molar-refractivity contribution in [3.8, 4) is 0 Å². The first-order valence-electron chi connectivity index (χ1n) is 7.63. The molecule has 2 fully saturated rings. The zero-order valence-corrected chi connectivity index (χ0v) is 13.1. The number of carbonyl (C=O) groups is 1. The van der Waals surface area contributed by atoms with Gasteiger partial charge in [-0.2, -0.15) is 0 Å². The molecule has 0 aromatic carbocycles. The Kier molecular flexibility index (Phi) is 5.43. The molecule has 1 aliphatic heterocycles. The van der Waals surface area contributed by atoms with Crippen LogP contribution in [0.4, 0.5) is 0 Å². The number of amides is 1. The number of rotatable bonds is 5. The molecule has 0 spiro atoms. The Hall–Kier alpha value is -0.620. The Balaban J connectivity index is 1.68. The van der Waals surface area contributed by atoms with Crippen molar-refractivity contribution in [1.29, 1.82) is 0 Å². The predicted octanol–water partition coefficient (Wildman–Crippen LogP) is 0.802. The van der Waals surface area contributed by atoms with Gasteiger partial charge in [0, 0.05) is 12.6 Å². The number of likely N-dealkylation sites (N-methyl/N-ethyl adjacent to an activating group) is 1. The van der Waals surface area contributed by atoms with Crippen LogP contribution in [0.3, 0.4) is 0 Å². The molecular weight excluding hydrogens is 276 g/mol. The quantitative estimate of drug-likeness (QED) is 0.816. The van der Waals surface area contributed by atoms with Gasteiger partial charge in [-0.25, -0.2) is 8.42 Å². The van der Waals surface area contributed by atoms with Crippen LogP contribution < -0.4 is 5.32 Å². The Morgan fingerprint density at radius 3 is 2.50 bits per heavy atom. The van der Waals surface area contributed by atoms with Gasteiger partial charge >= 0.3 is 0 Å². The van der Waals surface area contributed by atoms with Gasteiger partial charge in [0.2, 0.25) is 5.91 Å². The minimum absolute atomic E-state index is 0.0505. The van der Waals surface area contributed by atoms with Crippen molar-refractivity contribution < 1.29 is 13.2 Å². The van der Waals surface area contributed by atoms with E-state index in [1.807, 2.05) is 7.05 Å². The molecule has 116 valence electrons. The zero-order valence-electron chi connectivity index (χ0n) is 12.3. The fourth-order valence-corrected chi connectivity index (χ4v) is 4.98. The molecule has 0 bridgehead atoms. The van der Waals surface area contributed by atoms with E-state index < -0.39 is 9.84 Å². The summed E-state index contributed by atoms with van der Waals surface area (Å²) in [6.07, 6.45) is 7.06. The van der Waals surface area contributed by atoms with E-state index in [0.29, 0.717) is 18.9 Å². The molecule has 0 aromatic rings. The molecular formula is C14H26N2O3S. The molecule has 1 amide bonds. The lowest BCUT2D eigenvalue weighted by Gasteiger charge is -2.26. The first-order valence-corrected chi connectivity index (χ1v) is 9.45. The lowest BCUT2D eigenvalue weighted by atomic mass is 9.89. The molecule has 1 saturated carbocycles. The Morgan fingerprint density at radius 1 is 1.20 bits per heavy atom. The third-order valence-corrected chi connectivity index (χ3v) is 6.07. The van der Waals surface area contributed by atoms with Crippen LogP contribution in [-0.4, -0.2) is 56.9 Å². The smallest absolute Gasteiger partial charge is 0.234 e. The summed E-state index contributed by atoms with van der Waals surface area (Å²) in [7, 11) is -0.949. The Labute approximate surface area is 122 Å². The van der Waals surface area contributed by atoms with Crippen molar-refractivity contribution in [2.45, 2.75) is 44.6 Å². The average Bonchev–Trinajstić information content (AvgIpc) is 2.69. The molecule has 1 heterocycles. The second-order valence-electron chi connectivity index (χ2n) is 6.37. The highest BCUT2D eigenvalue weighted by molar-refractivity contribution is 7.91. The van der Waals surface area contributed by atoms with Gasteiger partial charge in [0.15, 0.2) is 9.84 Å². The lowest BCUT2D eigenvalue weighted by molar-refractivity contribution is -0.122. The van der Waals surface area contributed by atoms with E-state index in [0.717, 1.165) is 6.54 Å². The van der Waals surface area contributed by atoms with E-state index in [1.54, 1.807) is 0 Å². The van der Waals surface area contributed by atoms with Crippen LogP contribution >= 0.6 is 0 Å². The number of hydrogen-bond acceptors (Lipinski definition) is 4. The van der Waals surface area contributed by atoms with Crippen LogP contribution in [0.5, 0.6) is 0 Å². The third-order valence-electron chi connectivity index (χ3n) is 4.31. The number of sulfone groups is 1. The van der Waals surface area contributed by atoms with E-state index >= 15 is 0 Å². The zero-order chi connectivity index (χ0) is 14.6. The van der Waals surface area contributed by atoms with Crippen LogP contribution in [-0.2, 0) is 14.6 Å². The van der Waals surface area contributed by atoms with E-state index in [2.05, 4.69) is 10.2 Å². The maximum Gasteiger partial charge on any atom is 0.234 e. The largest absolute Gasteiger partial charge is 0.351 e. The summed E-state index contributed by atoms with van der Waals surface area (Å²) in [4.78, 5) is 14.0. The first kappa shape index (κ1) is 15.8. The van der Waals surface area contributed by atoms with Crippen LogP contribution in [0.25, 0.3) is 0 Å². The van der Waals surface area contributed by atoms with Crippen molar-refractivity contribution in [2.24, 2.45) is 5.92 Å². The van der Waals surface area contributed by atoms with Crippen LogP contribution in [0.1, 0.15) is 38.5 Å². The van der Waals surface area contributed by atoms with Crippen LogP contribution in [0, 0.1) is 5.92 Å². The van der Waals surface area contributed by atoms with Gasteiger partial charge in [0.1, 0.15) is 0 Å². The van der Waals surface area contributed by atoms with Crippen molar-refractivity contribution in [3.63, 3.8) is 0 Å². The fourth-order valence-electron chi connectivity index (χ4n) is 3.30. The van der Waals surface area contributed by atoms with Gasteiger partial charge in [0.05, 0.1) is 18.1 Å². The van der Waals surface area contributed by atoms with Gasteiger partial charge in [0.25, 0.3) is 0 Å². The monoisotopic (exact) mass is 302 g/mol. The molecule has 2 aliphatic rings. The van der Waals surface area contributed by atoms with Crippen molar-refractivity contribution in [1.82, 2.24) is 10.2 Å². The highest BCUT2D eigenvalue weighted by atomic mass is 32.2. The predicted molar refractivity (Wildman–Crippen MR) is 79.3 cm³/mol. The molecule has 0 aromatic heterocycles. The Morgan fingerprint density at radius 2 is 1.90 bits per heavy atom. The summed E-state index contributed by atoms with van der Waals surface area (Å²) in [5.41, 5.74) is 0. The summed E-state index contributed by atoms with van der Waals surface area (Å²) in [6, 6.07) is -0.185. The minimum atomic E-state index is -2.92. The van der Waals surface area contributed by atoms with Gasteiger partial charge in [-0.15, -0.1) is 0 Å². The van der Waals surface area contributed by atoms with Gasteiger partial charge < -0.3 is 5.32 Å². The number of nitrogens with zero attached hydrogens (tertiary/aromatic N) is 1. The molecule has 5 nitrogen and oxygen atoms in total. The minimum Gasteiger partial charge on any atom is -0.351 e. The number of nitrogens with one attached hydrogen (secondary N) is 1. The molecule has 1 aliphatic carbocycles. The SMILES string of the molecule is CN(CC(=O)N[C@H]1CCS(=O)(=O)C1)CC1CCCCC1. The molecule has 1 N–H and O–H groups in total. The second kappa shape index (κ2) is 6.89. The maximum absolute atomic E-state index is 11.9. The highest BCUT2D eigenvalue weighted by Gasteiger charge is 2.29. The van der Waals surface area contributed by atoms with Gasteiger partial charge in [-0.3, -0.25) is 9.69 Å². The first-order chi connectivity index (χ1) is 9.44. The summed E-state index contributed by atoms with van der Waals surface area (Å²) >= 11 is 0. The Bertz CT molecular complexity index is 430. The normalized spacial score (nSPS) is 26.8. The lowest BCUT2D eigenvalue weighted by Crippen LogP contribution is -2.42. The third kappa shape index (κ3) is 5.05. The van der Waals surface area contributed by atoms with E-state index in [4.69, 9.17) is 0 Å². The average molecular weight is 302 g/mol. The molecule has 6 heteroatoms. The maximum atomic E-state index is 11.9. The highest BCUT2D eigenvalue weighted by Crippen LogP contribution is 2.23.